The molecule has 0 saturated heterocycles. The van der Waals surface area contributed by atoms with Crippen LogP contribution in [0, 0.1) is 5.92 Å². The minimum Gasteiger partial charge on any atom is -0.396 e. The third-order valence-corrected chi connectivity index (χ3v) is 4.08. The molecule has 0 fully saturated rings. The molecule has 0 aromatic heterocycles. The van der Waals surface area contributed by atoms with E-state index >= 15 is 0 Å². The maximum Gasteiger partial charge on any atom is 0.234 e. The predicted molar refractivity (Wildman–Crippen MR) is 82.7 cm³/mol. The lowest BCUT2D eigenvalue weighted by Gasteiger charge is -2.09. The van der Waals surface area contributed by atoms with Gasteiger partial charge in [0, 0.05) is 12.3 Å². The summed E-state index contributed by atoms with van der Waals surface area (Å²) < 4.78 is 0. The molecule has 0 radical (unpaired) electrons. The fraction of sp³-hybridized carbons (Fsp3) is 0.533. The van der Waals surface area contributed by atoms with Gasteiger partial charge in [0.1, 0.15) is 0 Å². The van der Waals surface area contributed by atoms with Crippen molar-refractivity contribution in [2.75, 3.05) is 23.4 Å². The van der Waals surface area contributed by atoms with E-state index < -0.39 is 0 Å². The number of hydrogen-bond acceptors (Lipinski definition) is 3. The van der Waals surface area contributed by atoms with Crippen LogP contribution in [0.4, 0.5) is 5.69 Å². The molecule has 2 N–H and O–H groups in total. The first-order valence-electron chi connectivity index (χ1n) is 6.61. The number of hydrogen-bond donors (Lipinski definition) is 2. The highest BCUT2D eigenvalue weighted by Crippen LogP contribution is 2.17. The first-order chi connectivity index (χ1) is 9.02. The maximum atomic E-state index is 11.7. The summed E-state index contributed by atoms with van der Waals surface area (Å²) in [6.07, 6.45) is 0. The van der Waals surface area contributed by atoms with Gasteiger partial charge in [0.2, 0.25) is 5.91 Å². The lowest BCUT2D eigenvalue weighted by Crippen LogP contribution is -2.15. The van der Waals surface area contributed by atoms with Gasteiger partial charge in [-0.2, -0.15) is 11.8 Å². The Morgan fingerprint density at radius 3 is 2.42 bits per heavy atom. The summed E-state index contributed by atoms with van der Waals surface area (Å²) in [5, 5.41) is 11.8. The second-order valence-corrected chi connectivity index (χ2v) is 6.16. The van der Waals surface area contributed by atoms with Crippen molar-refractivity contribution in [1.82, 2.24) is 0 Å². The van der Waals surface area contributed by atoms with E-state index in [1.165, 1.54) is 5.56 Å². The Morgan fingerprint density at radius 1 is 1.26 bits per heavy atom. The Bertz CT molecular complexity index is 390. The van der Waals surface area contributed by atoms with Gasteiger partial charge >= 0.3 is 0 Å². The predicted octanol–water partition coefficient (Wildman–Crippen LogP) is 3.11. The highest BCUT2D eigenvalue weighted by atomic mass is 32.2. The molecule has 1 amide bonds. The highest BCUT2D eigenvalue weighted by molar-refractivity contribution is 7.99. The quantitative estimate of drug-likeness (QED) is 0.807. The smallest absolute Gasteiger partial charge is 0.234 e. The Balaban J connectivity index is 2.36. The second-order valence-electron chi connectivity index (χ2n) is 5.13. The Morgan fingerprint density at radius 2 is 1.89 bits per heavy atom. The molecule has 0 saturated carbocycles. The molecule has 3 nitrogen and oxygen atoms in total. The number of amides is 1. The molecule has 0 heterocycles. The molecular formula is C15H23NO2S. The lowest BCUT2D eigenvalue weighted by molar-refractivity contribution is -0.113. The van der Waals surface area contributed by atoms with Crippen molar-refractivity contribution in [1.29, 1.82) is 0 Å². The van der Waals surface area contributed by atoms with Gasteiger partial charge in [-0.3, -0.25) is 4.79 Å². The van der Waals surface area contributed by atoms with E-state index in [0.717, 1.165) is 11.4 Å². The molecule has 1 aromatic carbocycles. The minimum atomic E-state index is 0.00689. The fourth-order valence-electron chi connectivity index (χ4n) is 1.55. The van der Waals surface area contributed by atoms with E-state index in [2.05, 4.69) is 19.2 Å². The molecule has 106 valence electrons. The van der Waals surface area contributed by atoms with Crippen molar-refractivity contribution in [2.45, 2.75) is 26.7 Å². The number of aliphatic hydroxyl groups excluding tert-OH is 1. The van der Waals surface area contributed by atoms with Gasteiger partial charge in [0.25, 0.3) is 0 Å². The van der Waals surface area contributed by atoms with E-state index in [0.29, 0.717) is 11.7 Å². The van der Waals surface area contributed by atoms with Crippen LogP contribution in [-0.4, -0.2) is 29.1 Å². The van der Waals surface area contributed by atoms with Crippen LogP contribution in [0.25, 0.3) is 0 Å². The summed E-state index contributed by atoms with van der Waals surface area (Å²) in [6.45, 7) is 6.43. The third kappa shape index (κ3) is 6.12. The van der Waals surface area contributed by atoms with Crippen molar-refractivity contribution in [2.24, 2.45) is 5.92 Å². The van der Waals surface area contributed by atoms with Gasteiger partial charge in [-0.25, -0.2) is 0 Å². The highest BCUT2D eigenvalue weighted by Gasteiger charge is 2.06. The standard InChI is InChI=1S/C15H23NO2S/c1-11(2)13-4-6-14(7-5-13)16-15(18)10-19-9-12(3)8-17/h4-7,11-12,17H,8-10H2,1-3H3,(H,16,18). The van der Waals surface area contributed by atoms with Gasteiger partial charge in [-0.15, -0.1) is 0 Å². The van der Waals surface area contributed by atoms with Gasteiger partial charge in [-0.1, -0.05) is 32.9 Å². The van der Waals surface area contributed by atoms with Gasteiger partial charge in [0.15, 0.2) is 0 Å². The van der Waals surface area contributed by atoms with Crippen LogP contribution in [0.15, 0.2) is 24.3 Å². The number of carbonyl (C=O) groups is 1. The van der Waals surface area contributed by atoms with Crippen LogP contribution in [0.1, 0.15) is 32.3 Å². The van der Waals surface area contributed by atoms with Gasteiger partial charge in [0.05, 0.1) is 5.75 Å². The first kappa shape index (κ1) is 16.1. The summed E-state index contributed by atoms with van der Waals surface area (Å²) in [7, 11) is 0. The van der Waals surface area contributed by atoms with Crippen LogP contribution in [0.3, 0.4) is 0 Å². The number of thioether (sulfide) groups is 1. The molecular weight excluding hydrogens is 258 g/mol. The van der Waals surface area contributed by atoms with Crippen LogP contribution >= 0.6 is 11.8 Å². The fourth-order valence-corrected chi connectivity index (χ4v) is 2.44. The van der Waals surface area contributed by atoms with Crippen molar-refractivity contribution in [3.63, 3.8) is 0 Å². The summed E-state index contributed by atoms with van der Waals surface area (Å²) in [4.78, 5) is 11.7. The average Bonchev–Trinajstić information content (AvgIpc) is 2.39. The molecule has 1 unspecified atom stereocenters. The summed E-state index contributed by atoms with van der Waals surface area (Å²) in [6, 6.07) is 7.96. The first-order valence-corrected chi connectivity index (χ1v) is 7.76. The molecule has 4 heteroatoms. The molecule has 0 spiro atoms. The van der Waals surface area contributed by atoms with Crippen LogP contribution in [0.2, 0.25) is 0 Å². The monoisotopic (exact) mass is 281 g/mol. The van der Waals surface area contributed by atoms with Crippen molar-refractivity contribution < 1.29 is 9.90 Å². The normalized spacial score (nSPS) is 12.5. The molecule has 0 aliphatic heterocycles. The topological polar surface area (TPSA) is 49.3 Å². The number of carbonyl (C=O) groups excluding carboxylic acids is 1. The Labute approximate surface area is 119 Å². The Kier molecular flexibility index (Phi) is 6.95. The largest absolute Gasteiger partial charge is 0.396 e. The van der Waals surface area contributed by atoms with Crippen molar-refractivity contribution in [3.05, 3.63) is 29.8 Å². The van der Waals surface area contributed by atoms with Crippen molar-refractivity contribution >= 4 is 23.4 Å². The van der Waals surface area contributed by atoms with E-state index in [1.807, 2.05) is 31.2 Å². The Hall–Kier alpha value is -1.00. The summed E-state index contributed by atoms with van der Waals surface area (Å²) in [5.41, 5.74) is 2.11. The van der Waals surface area contributed by atoms with Gasteiger partial charge in [-0.05, 0) is 35.3 Å². The van der Waals surface area contributed by atoms with Gasteiger partial charge < -0.3 is 10.4 Å². The summed E-state index contributed by atoms with van der Waals surface area (Å²) >= 11 is 1.55. The molecule has 0 aliphatic rings. The van der Waals surface area contributed by atoms with E-state index in [1.54, 1.807) is 11.8 Å². The number of aliphatic hydroxyl groups is 1. The number of anilines is 1. The third-order valence-electron chi connectivity index (χ3n) is 2.81. The average molecular weight is 281 g/mol. The minimum absolute atomic E-state index is 0.00689. The molecule has 1 atom stereocenters. The van der Waals surface area contributed by atoms with Crippen molar-refractivity contribution in [3.8, 4) is 0 Å². The van der Waals surface area contributed by atoms with E-state index in [4.69, 9.17) is 5.11 Å². The van der Waals surface area contributed by atoms with E-state index in [-0.39, 0.29) is 18.4 Å². The number of nitrogens with one attached hydrogen (secondary N) is 1. The molecule has 1 rings (SSSR count). The van der Waals surface area contributed by atoms with Crippen LogP contribution in [0.5, 0.6) is 0 Å². The number of benzene rings is 1. The second kappa shape index (κ2) is 8.23. The maximum absolute atomic E-state index is 11.7. The molecule has 0 bridgehead atoms. The zero-order chi connectivity index (χ0) is 14.3. The lowest BCUT2D eigenvalue weighted by atomic mass is 10.0. The zero-order valence-electron chi connectivity index (χ0n) is 11.8. The molecule has 19 heavy (non-hydrogen) atoms. The van der Waals surface area contributed by atoms with Crippen LogP contribution in [-0.2, 0) is 4.79 Å². The SMILES string of the molecule is CC(CO)CSCC(=O)Nc1ccc(C(C)C)cc1. The van der Waals surface area contributed by atoms with E-state index in [9.17, 15) is 4.79 Å². The molecule has 1 aromatic rings. The van der Waals surface area contributed by atoms with Crippen LogP contribution < -0.4 is 5.32 Å². The molecule has 0 aliphatic carbocycles. The summed E-state index contributed by atoms with van der Waals surface area (Å²) in [5.74, 6) is 1.97. The number of rotatable bonds is 7. The zero-order valence-corrected chi connectivity index (χ0v) is 12.7.